The van der Waals surface area contributed by atoms with Crippen LogP contribution in [0.15, 0.2) is 4.99 Å². The van der Waals surface area contributed by atoms with Crippen LogP contribution in [0.5, 0.6) is 0 Å². The van der Waals surface area contributed by atoms with Gasteiger partial charge in [0, 0.05) is 38.8 Å². The molecule has 2 aliphatic rings. The van der Waals surface area contributed by atoms with E-state index in [0.29, 0.717) is 12.6 Å². The van der Waals surface area contributed by atoms with Gasteiger partial charge in [-0.05, 0) is 33.6 Å². The van der Waals surface area contributed by atoms with Crippen molar-refractivity contribution in [1.82, 2.24) is 15.1 Å². The van der Waals surface area contributed by atoms with Crippen molar-refractivity contribution in [2.45, 2.75) is 39.7 Å². The fraction of sp³-hybridized carbons (Fsp3) is 0.889. The van der Waals surface area contributed by atoms with E-state index in [2.05, 4.69) is 29.0 Å². The van der Waals surface area contributed by atoms with E-state index in [1.54, 1.807) is 0 Å². The highest BCUT2D eigenvalue weighted by atomic mass is 16.5. The van der Waals surface area contributed by atoms with Gasteiger partial charge in [0.25, 0.3) is 0 Å². The lowest BCUT2D eigenvalue weighted by molar-refractivity contribution is -0.149. The van der Waals surface area contributed by atoms with Crippen LogP contribution in [0.4, 0.5) is 0 Å². The van der Waals surface area contributed by atoms with E-state index in [9.17, 15) is 4.79 Å². The summed E-state index contributed by atoms with van der Waals surface area (Å²) in [5.74, 6) is 0.946. The Kier molecular flexibility index (Phi) is 8.48. The minimum Gasteiger partial charge on any atom is -0.466 e. The molecular formula is C18H34N4O3. The second kappa shape index (κ2) is 10.6. The summed E-state index contributed by atoms with van der Waals surface area (Å²) in [4.78, 5) is 21.4. The van der Waals surface area contributed by atoms with Gasteiger partial charge in [0.15, 0.2) is 5.96 Å². The molecule has 0 saturated carbocycles. The third-order valence-electron chi connectivity index (χ3n) is 4.92. The molecule has 25 heavy (non-hydrogen) atoms. The van der Waals surface area contributed by atoms with Gasteiger partial charge in [0.05, 0.1) is 32.3 Å². The Morgan fingerprint density at radius 1 is 1.24 bits per heavy atom. The van der Waals surface area contributed by atoms with E-state index >= 15 is 0 Å². The fourth-order valence-electron chi connectivity index (χ4n) is 3.37. The highest BCUT2D eigenvalue weighted by molar-refractivity contribution is 5.80. The maximum Gasteiger partial charge on any atom is 0.309 e. The molecule has 2 saturated heterocycles. The van der Waals surface area contributed by atoms with Crippen LogP contribution in [0.3, 0.4) is 0 Å². The molecule has 1 unspecified atom stereocenters. The summed E-state index contributed by atoms with van der Waals surface area (Å²) >= 11 is 0. The Bertz CT molecular complexity index is 430. The Morgan fingerprint density at radius 2 is 1.92 bits per heavy atom. The van der Waals surface area contributed by atoms with Gasteiger partial charge in [-0.1, -0.05) is 0 Å². The number of hydrogen-bond acceptors (Lipinski definition) is 5. The molecule has 1 N–H and O–H groups in total. The molecule has 0 amide bonds. The smallest absolute Gasteiger partial charge is 0.309 e. The molecule has 0 spiro atoms. The van der Waals surface area contributed by atoms with Gasteiger partial charge < -0.3 is 19.7 Å². The molecule has 2 rings (SSSR count). The standard InChI is InChI=1S/C18H34N4O3/c1-4-19-18(20-14-15(3)21-10-12-24-13-11-21)22-8-6-16(7-9-22)17(23)25-5-2/h15-16H,4-14H2,1-3H3,(H,19,20). The molecule has 2 aliphatic heterocycles. The zero-order valence-corrected chi connectivity index (χ0v) is 16.0. The number of aliphatic imine (C=N–C) groups is 1. The number of likely N-dealkylation sites (tertiary alicyclic amines) is 1. The molecule has 0 bridgehead atoms. The monoisotopic (exact) mass is 354 g/mol. The van der Waals surface area contributed by atoms with Crippen molar-refractivity contribution in [2.75, 3.05) is 59.1 Å². The van der Waals surface area contributed by atoms with Crippen LogP contribution < -0.4 is 5.32 Å². The predicted molar refractivity (Wildman–Crippen MR) is 98.8 cm³/mol. The molecule has 0 aromatic heterocycles. The lowest BCUT2D eigenvalue weighted by atomic mass is 9.97. The molecule has 2 fully saturated rings. The summed E-state index contributed by atoms with van der Waals surface area (Å²) in [5.41, 5.74) is 0. The zero-order chi connectivity index (χ0) is 18.1. The maximum atomic E-state index is 11.9. The number of nitrogens with one attached hydrogen (secondary N) is 1. The summed E-state index contributed by atoms with van der Waals surface area (Å²) < 4.78 is 10.6. The second-order valence-electron chi connectivity index (χ2n) is 6.71. The maximum absolute atomic E-state index is 11.9. The number of carbonyl (C=O) groups is 1. The van der Waals surface area contributed by atoms with Crippen molar-refractivity contribution in [2.24, 2.45) is 10.9 Å². The van der Waals surface area contributed by atoms with Gasteiger partial charge in [-0.3, -0.25) is 14.7 Å². The fourth-order valence-corrected chi connectivity index (χ4v) is 3.37. The summed E-state index contributed by atoms with van der Waals surface area (Å²) in [7, 11) is 0. The van der Waals surface area contributed by atoms with Gasteiger partial charge in [0.1, 0.15) is 0 Å². The van der Waals surface area contributed by atoms with Crippen molar-refractivity contribution in [1.29, 1.82) is 0 Å². The first-order valence-corrected chi connectivity index (χ1v) is 9.67. The van der Waals surface area contributed by atoms with E-state index < -0.39 is 0 Å². The molecule has 0 aromatic carbocycles. The Labute approximate surface area is 151 Å². The van der Waals surface area contributed by atoms with Crippen LogP contribution >= 0.6 is 0 Å². The Balaban J connectivity index is 1.86. The third kappa shape index (κ3) is 6.15. The predicted octanol–water partition coefficient (Wildman–Crippen LogP) is 0.948. The first-order valence-electron chi connectivity index (χ1n) is 9.67. The van der Waals surface area contributed by atoms with Crippen molar-refractivity contribution in [3.05, 3.63) is 0 Å². The van der Waals surface area contributed by atoms with E-state index in [-0.39, 0.29) is 11.9 Å². The van der Waals surface area contributed by atoms with Crippen LogP contribution in [0, 0.1) is 5.92 Å². The molecule has 7 heteroatoms. The number of esters is 1. The minimum absolute atomic E-state index is 0.0337. The summed E-state index contributed by atoms with van der Waals surface area (Å²) in [6.07, 6.45) is 1.67. The number of guanidine groups is 1. The van der Waals surface area contributed by atoms with Crippen LogP contribution in [0.25, 0.3) is 0 Å². The summed E-state index contributed by atoms with van der Waals surface area (Å²) in [6, 6.07) is 0.412. The average Bonchev–Trinajstić information content (AvgIpc) is 2.66. The van der Waals surface area contributed by atoms with Crippen molar-refractivity contribution < 1.29 is 14.3 Å². The Morgan fingerprint density at radius 3 is 2.52 bits per heavy atom. The van der Waals surface area contributed by atoms with Crippen LogP contribution in [0.2, 0.25) is 0 Å². The molecule has 1 atom stereocenters. The molecular weight excluding hydrogens is 320 g/mol. The number of piperidine rings is 1. The minimum atomic E-state index is -0.0509. The molecule has 0 radical (unpaired) electrons. The first kappa shape index (κ1) is 20.0. The van der Waals surface area contributed by atoms with Crippen LogP contribution in [-0.4, -0.2) is 86.9 Å². The number of ether oxygens (including phenoxy) is 2. The van der Waals surface area contributed by atoms with Gasteiger partial charge in [-0.15, -0.1) is 0 Å². The van der Waals surface area contributed by atoms with Gasteiger partial charge in [0.2, 0.25) is 0 Å². The van der Waals surface area contributed by atoms with Gasteiger partial charge in [-0.2, -0.15) is 0 Å². The lowest BCUT2D eigenvalue weighted by Crippen LogP contribution is -2.48. The van der Waals surface area contributed by atoms with Gasteiger partial charge >= 0.3 is 5.97 Å². The zero-order valence-electron chi connectivity index (χ0n) is 16.0. The lowest BCUT2D eigenvalue weighted by Gasteiger charge is -2.34. The van der Waals surface area contributed by atoms with Crippen molar-refractivity contribution in [3.8, 4) is 0 Å². The number of rotatable bonds is 6. The molecule has 0 aliphatic carbocycles. The van der Waals surface area contributed by atoms with Crippen molar-refractivity contribution >= 4 is 11.9 Å². The summed E-state index contributed by atoms with van der Waals surface area (Å²) in [5, 5.41) is 3.40. The number of nitrogens with zero attached hydrogens (tertiary/aromatic N) is 3. The second-order valence-corrected chi connectivity index (χ2v) is 6.71. The van der Waals surface area contributed by atoms with Gasteiger partial charge in [-0.25, -0.2) is 0 Å². The molecule has 7 nitrogen and oxygen atoms in total. The topological polar surface area (TPSA) is 66.4 Å². The molecule has 144 valence electrons. The highest BCUT2D eigenvalue weighted by Crippen LogP contribution is 2.19. The number of hydrogen-bond donors (Lipinski definition) is 1. The quantitative estimate of drug-likeness (QED) is 0.435. The van der Waals surface area contributed by atoms with E-state index in [1.807, 2.05) is 6.92 Å². The molecule has 0 aromatic rings. The summed E-state index contributed by atoms with van der Waals surface area (Å²) in [6.45, 7) is 13.6. The normalized spacial score (nSPS) is 21.9. The van der Waals surface area contributed by atoms with E-state index in [1.165, 1.54) is 0 Å². The first-order chi connectivity index (χ1) is 12.2. The van der Waals surface area contributed by atoms with Crippen LogP contribution in [0.1, 0.15) is 33.6 Å². The van der Waals surface area contributed by atoms with Crippen molar-refractivity contribution in [3.63, 3.8) is 0 Å². The van der Waals surface area contributed by atoms with E-state index in [4.69, 9.17) is 14.5 Å². The highest BCUT2D eigenvalue weighted by Gasteiger charge is 2.27. The number of carbonyl (C=O) groups excluding carboxylic acids is 1. The largest absolute Gasteiger partial charge is 0.466 e. The average molecular weight is 354 g/mol. The SMILES string of the molecule is CCNC(=NCC(C)N1CCOCC1)N1CCC(C(=O)OCC)CC1. The molecule has 2 heterocycles. The third-order valence-corrected chi connectivity index (χ3v) is 4.92. The number of morpholine rings is 1. The van der Waals surface area contributed by atoms with Crippen LogP contribution in [-0.2, 0) is 14.3 Å². The Hall–Kier alpha value is -1.34. The van der Waals surface area contributed by atoms with E-state index in [0.717, 1.165) is 71.3 Å².